The minimum Gasteiger partial charge on any atom is -0.326 e. The zero-order valence-corrected chi connectivity index (χ0v) is 15.1. The lowest BCUT2D eigenvalue weighted by Crippen LogP contribution is -2.20. The maximum Gasteiger partial charge on any atom is 0.240 e. The van der Waals surface area contributed by atoms with Crippen molar-refractivity contribution < 1.29 is 9.59 Å². The van der Waals surface area contributed by atoms with Crippen molar-refractivity contribution in [1.82, 2.24) is 5.43 Å². The van der Waals surface area contributed by atoms with E-state index in [2.05, 4.69) is 15.8 Å². The highest BCUT2D eigenvalue weighted by Crippen LogP contribution is 2.21. The molecule has 0 spiro atoms. The maximum absolute atomic E-state index is 11.8. The Morgan fingerprint density at radius 2 is 1.80 bits per heavy atom. The van der Waals surface area contributed by atoms with Gasteiger partial charge in [0.15, 0.2) is 0 Å². The third-order valence-electron chi connectivity index (χ3n) is 3.23. The molecular formula is C18H17Cl2N3O2. The lowest BCUT2D eigenvalue weighted by atomic mass is 10.2. The number of nitrogens with one attached hydrogen (secondary N) is 2. The molecule has 0 radical (unpaired) electrons. The highest BCUT2D eigenvalue weighted by molar-refractivity contribution is 6.42. The number of hydrogen-bond donors (Lipinski definition) is 2. The van der Waals surface area contributed by atoms with Crippen molar-refractivity contribution in [3.05, 3.63) is 63.6 Å². The number of halogens is 2. The van der Waals surface area contributed by atoms with Gasteiger partial charge in [-0.1, -0.05) is 41.4 Å². The highest BCUT2D eigenvalue weighted by Gasteiger charge is 2.07. The molecule has 0 aliphatic carbocycles. The van der Waals surface area contributed by atoms with Crippen molar-refractivity contribution in [3.63, 3.8) is 0 Å². The normalized spacial score (nSPS) is 10.7. The van der Waals surface area contributed by atoms with E-state index in [1.807, 2.05) is 25.1 Å². The Balaban J connectivity index is 1.75. The van der Waals surface area contributed by atoms with Gasteiger partial charge in [0.25, 0.3) is 0 Å². The largest absolute Gasteiger partial charge is 0.326 e. The summed E-state index contributed by atoms with van der Waals surface area (Å²) in [5.74, 6) is -0.579. The topological polar surface area (TPSA) is 70.6 Å². The van der Waals surface area contributed by atoms with Crippen LogP contribution in [0, 0.1) is 6.92 Å². The minimum absolute atomic E-state index is 0.0381. The summed E-state index contributed by atoms with van der Waals surface area (Å²) in [5, 5.41) is 7.43. The molecule has 2 rings (SSSR count). The monoisotopic (exact) mass is 377 g/mol. The summed E-state index contributed by atoms with van der Waals surface area (Å²) < 4.78 is 0. The van der Waals surface area contributed by atoms with Crippen molar-refractivity contribution in [2.24, 2.45) is 5.10 Å². The van der Waals surface area contributed by atoms with E-state index < -0.39 is 0 Å². The maximum atomic E-state index is 11.8. The van der Waals surface area contributed by atoms with Crippen LogP contribution >= 0.6 is 23.2 Å². The number of aryl methyl sites for hydroxylation is 1. The van der Waals surface area contributed by atoms with Crippen LogP contribution in [0.2, 0.25) is 10.0 Å². The average Bonchev–Trinajstić information content (AvgIpc) is 2.56. The van der Waals surface area contributed by atoms with Crippen LogP contribution in [0.25, 0.3) is 0 Å². The van der Waals surface area contributed by atoms with E-state index >= 15 is 0 Å². The quantitative estimate of drug-likeness (QED) is 0.585. The zero-order valence-electron chi connectivity index (χ0n) is 13.6. The summed E-state index contributed by atoms with van der Waals surface area (Å²) in [6.07, 6.45) is 1.56. The molecular weight excluding hydrogens is 361 g/mol. The molecule has 0 saturated heterocycles. The summed E-state index contributed by atoms with van der Waals surface area (Å²) in [6, 6.07) is 12.5. The molecule has 0 saturated carbocycles. The van der Waals surface area contributed by atoms with E-state index in [1.165, 1.54) is 6.21 Å². The Hall–Kier alpha value is -2.37. The Labute approximate surface area is 156 Å². The second-order valence-electron chi connectivity index (χ2n) is 5.38. The predicted molar refractivity (Wildman–Crippen MR) is 101 cm³/mol. The molecule has 0 heterocycles. The summed E-state index contributed by atoms with van der Waals surface area (Å²) in [4.78, 5) is 23.5. The lowest BCUT2D eigenvalue weighted by molar-refractivity contribution is -0.124. The SMILES string of the molecule is Cc1cccc(NC(=O)CCC(=O)NN=Cc2ccc(Cl)c(Cl)c2)c1. The van der Waals surface area contributed by atoms with E-state index in [0.717, 1.165) is 5.56 Å². The number of amides is 2. The molecule has 2 amide bonds. The first-order valence-corrected chi connectivity index (χ1v) is 8.33. The van der Waals surface area contributed by atoms with Gasteiger partial charge in [0.05, 0.1) is 16.3 Å². The molecule has 7 heteroatoms. The van der Waals surface area contributed by atoms with Crippen molar-refractivity contribution >= 4 is 46.9 Å². The molecule has 2 N–H and O–H groups in total. The van der Waals surface area contributed by atoms with Crippen LogP contribution < -0.4 is 10.7 Å². The third-order valence-corrected chi connectivity index (χ3v) is 3.97. The van der Waals surface area contributed by atoms with Crippen molar-refractivity contribution in [1.29, 1.82) is 0 Å². The number of anilines is 1. The summed E-state index contributed by atoms with van der Waals surface area (Å²) in [6.45, 7) is 1.94. The van der Waals surface area contributed by atoms with Crippen LogP contribution in [-0.4, -0.2) is 18.0 Å². The van der Waals surface area contributed by atoms with Crippen LogP contribution in [0.1, 0.15) is 24.0 Å². The number of rotatable bonds is 6. The number of carbonyl (C=O) groups is 2. The molecule has 0 aliphatic rings. The Bertz CT molecular complexity index is 807. The van der Waals surface area contributed by atoms with Gasteiger partial charge >= 0.3 is 0 Å². The van der Waals surface area contributed by atoms with Gasteiger partial charge < -0.3 is 5.32 Å². The molecule has 130 valence electrons. The number of benzene rings is 2. The van der Waals surface area contributed by atoms with Gasteiger partial charge in [-0.15, -0.1) is 0 Å². The van der Waals surface area contributed by atoms with Crippen LogP contribution in [0.4, 0.5) is 5.69 Å². The average molecular weight is 378 g/mol. The Morgan fingerprint density at radius 3 is 2.52 bits per heavy atom. The van der Waals surface area contributed by atoms with Crippen LogP contribution in [0.15, 0.2) is 47.6 Å². The molecule has 0 bridgehead atoms. The molecule has 0 fully saturated rings. The van der Waals surface area contributed by atoms with Crippen LogP contribution in [0.5, 0.6) is 0 Å². The first kappa shape index (κ1) is 19.0. The van der Waals surface area contributed by atoms with Gasteiger partial charge in [0, 0.05) is 18.5 Å². The molecule has 0 aromatic heterocycles. The lowest BCUT2D eigenvalue weighted by Gasteiger charge is -2.05. The zero-order chi connectivity index (χ0) is 18.2. The van der Waals surface area contributed by atoms with E-state index in [0.29, 0.717) is 21.3 Å². The Kier molecular flexibility index (Phi) is 6.98. The molecule has 0 unspecified atom stereocenters. The molecule has 25 heavy (non-hydrogen) atoms. The summed E-state index contributed by atoms with van der Waals surface area (Å²) >= 11 is 11.7. The van der Waals surface area contributed by atoms with Gasteiger partial charge in [-0.2, -0.15) is 5.10 Å². The first-order chi connectivity index (χ1) is 11.9. The minimum atomic E-state index is -0.351. The first-order valence-electron chi connectivity index (χ1n) is 7.57. The van der Waals surface area contributed by atoms with Crippen LogP contribution in [-0.2, 0) is 9.59 Å². The summed E-state index contributed by atoms with van der Waals surface area (Å²) in [7, 11) is 0. The van der Waals surface area contributed by atoms with E-state index in [1.54, 1.807) is 24.3 Å². The number of nitrogens with zero attached hydrogens (tertiary/aromatic N) is 1. The predicted octanol–water partition coefficient (Wildman–Crippen LogP) is 4.17. The van der Waals surface area contributed by atoms with Gasteiger partial charge in [0.2, 0.25) is 11.8 Å². The smallest absolute Gasteiger partial charge is 0.240 e. The molecule has 2 aromatic rings. The second-order valence-corrected chi connectivity index (χ2v) is 6.20. The number of carbonyl (C=O) groups excluding carboxylic acids is 2. The number of hydrogen-bond acceptors (Lipinski definition) is 3. The van der Waals surface area contributed by atoms with Gasteiger partial charge in [-0.25, -0.2) is 5.43 Å². The van der Waals surface area contributed by atoms with Crippen molar-refractivity contribution in [2.75, 3.05) is 5.32 Å². The molecule has 0 atom stereocenters. The molecule has 5 nitrogen and oxygen atoms in total. The summed E-state index contributed by atoms with van der Waals surface area (Å²) in [5.41, 5.74) is 4.83. The fourth-order valence-corrected chi connectivity index (χ4v) is 2.31. The standard InChI is InChI=1S/C18H17Cl2N3O2/c1-12-3-2-4-14(9-12)22-17(24)7-8-18(25)23-21-11-13-5-6-15(19)16(20)10-13/h2-6,9-11H,7-8H2,1H3,(H,22,24)(H,23,25). The fourth-order valence-electron chi connectivity index (χ4n) is 2.00. The fraction of sp³-hybridized carbons (Fsp3) is 0.167. The van der Waals surface area contributed by atoms with Crippen molar-refractivity contribution in [3.8, 4) is 0 Å². The molecule has 0 aliphatic heterocycles. The van der Waals surface area contributed by atoms with Gasteiger partial charge in [-0.3, -0.25) is 9.59 Å². The number of hydrazone groups is 1. The second kappa shape index (κ2) is 9.20. The van der Waals surface area contributed by atoms with E-state index in [-0.39, 0.29) is 24.7 Å². The van der Waals surface area contributed by atoms with Gasteiger partial charge in [0.1, 0.15) is 0 Å². The Morgan fingerprint density at radius 1 is 1.04 bits per heavy atom. The highest BCUT2D eigenvalue weighted by atomic mass is 35.5. The third kappa shape index (κ3) is 6.57. The van der Waals surface area contributed by atoms with E-state index in [9.17, 15) is 9.59 Å². The molecule has 2 aromatic carbocycles. The van der Waals surface area contributed by atoms with Crippen molar-refractivity contribution in [2.45, 2.75) is 19.8 Å². The van der Waals surface area contributed by atoms with E-state index in [4.69, 9.17) is 23.2 Å². The van der Waals surface area contributed by atoms with Gasteiger partial charge in [-0.05, 0) is 42.3 Å². The van der Waals surface area contributed by atoms with Crippen LogP contribution in [0.3, 0.4) is 0 Å².